The Kier molecular flexibility index (Phi) is 4.15. The van der Waals surface area contributed by atoms with Crippen molar-refractivity contribution in [2.75, 3.05) is 13.1 Å². The number of aromatic nitrogens is 4. The predicted molar refractivity (Wildman–Crippen MR) is 100 cm³/mol. The molecule has 0 radical (unpaired) electrons. The molecule has 5 rings (SSSR count). The van der Waals surface area contributed by atoms with E-state index in [9.17, 15) is 0 Å². The van der Waals surface area contributed by atoms with E-state index in [-0.39, 0.29) is 0 Å². The van der Waals surface area contributed by atoms with Gasteiger partial charge < -0.3 is 9.88 Å². The summed E-state index contributed by atoms with van der Waals surface area (Å²) in [6, 6.07) is 11.1. The number of hydrogen-bond donors (Lipinski definition) is 1. The van der Waals surface area contributed by atoms with Gasteiger partial charge in [-0.3, -0.25) is 9.88 Å². The van der Waals surface area contributed by atoms with Crippen molar-refractivity contribution in [1.29, 1.82) is 0 Å². The van der Waals surface area contributed by atoms with Crippen molar-refractivity contribution >= 4 is 10.9 Å². The maximum atomic E-state index is 4.52. The van der Waals surface area contributed by atoms with Gasteiger partial charge in [-0.1, -0.05) is 18.6 Å². The molecule has 3 aromatic rings. The van der Waals surface area contributed by atoms with E-state index in [1.807, 2.05) is 12.3 Å². The Morgan fingerprint density at radius 1 is 1.12 bits per heavy atom. The van der Waals surface area contributed by atoms with Crippen LogP contribution in [-0.2, 0) is 19.6 Å². The van der Waals surface area contributed by atoms with Crippen LogP contribution in [0.5, 0.6) is 0 Å². The zero-order chi connectivity index (χ0) is 17.3. The van der Waals surface area contributed by atoms with Crippen LogP contribution in [0.15, 0.2) is 36.5 Å². The third-order valence-corrected chi connectivity index (χ3v) is 5.56. The highest BCUT2D eigenvalue weighted by atomic mass is 15.3. The van der Waals surface area contributed by atoms with Crippen LogP contribution in [0.1, 0.15) is 42.5 Å². The molecule has 2 aromatic heterocycles. The zero-order valence-electron chi connectivity index (χ0n) is 14.9. The van der Waals surface area contributed by atoms with Crippen LogP contribution in [0.2, 0.25) is 0 Å². The summed E-state index contributed by atoms with van der Waals surface area (Å²) in [5.74, 6) is 2.23. The van der Waals surface area contributed by atoms with Crippen LogP contribution in [-0.4, -0.2) is 37.7 Å². The van der Waals surface area contributed by atoms with Crippen molar-refractivity contribution in [3.8, 4) is 0 Å². The second kappa shape index (κ2) is 6.78. The monoisotopic (exact) mass is 348 g/mol. The summed E-state index contributed by atoms with van der Waals surface area (Å²) >= 11 is 0. The topological polar surface area (TPSA) is 58.9 Å². The molecule has 2 aliphatic rings. The van der Waals surface area contributed by atoms with Gasteiger partial charge in [-0.2, -0.15) is 0 Å². The normalized spacial score (nSPS) is 21.0. The van der Waals surface area contributed by atoms with Crippen LogP contribution in [0.4, 0.5) is 0 Å². The first-order valence-corrected chi connectivity index (χ1v) is 9.58. The molecule has 1 atom stereocenters. The molecule has 0 spiro atoms. The number of pyridine rings is 1. The molecule has 1 aromatic carbocycles. The number of fused-ring (bicyclic) bond motifs is 2. The van der Waals surface area contributed by atoms with Gasteiger partial charge in [0.25, 0.3) is 0 Å². The summed E-state index contributed by atoms with van der Waals surface area (Å²) in [7, 11) is 0. The summed E-state index contributed by atoms with van der Waals surface area (Å²) in [4.78, 5) is 6.86. The highest BCUT2D eigenvalue weighted by Crippen LogP contribution is 2.25. The van der Waals surface area contributed by atoms with Crippen LogP contribution in [0.3, 0.4) is 0 Å². The molecular weight excluding hydrogens is 324 g/mol. The number of piperidine rings is 1. The summed E-state index contributed by atoms with van der Waals surface area (Å²) in [6.07, 6.45) is 5.57. The summed E-state index contributed by atoms with van der Waals surface area (Å²) in [5.41, 5.74) is 2.38. The highest BCUT2D eigenvalue weighted by molar-refractivity contribution is 5.78. The van der Waals surface area contributed by atoms with Crippen LogP contribution < -0.4 is 5.32 Å². The van der Waals surface area contributed by atoms with Gasteiger partial charge in [-0.15, -0.1) is 10.2 Å². The van der Waals surface area contributed by atoms with Crippen LogP contribution >= 0.6 is 0 Å². The van der Waals surface area contributed by atoms with Crippen molar-refractivity contribution < 1.29 is 0 Å². The van der Waals surface area contributed by atoms with E-state index in [2.05, 4.69) is 54.2 Å². The van der Waals surface area contributed by atoms with E-state index in [4.69, 9.17) is 0 Å². The first-order chi connectivity index (χ1) is 12.9. The molecule has 0 saturated carbocycles. The van der Waals surface area contributed by atoms with Gasteiger partial charge in [0.15, 0.2) is 0 Å². The van der Waals surface area contributed by atoms with Crippen molar-refractivity contribution in [3.05, 3.63) is 53.7 Å². The maximum Gasteiger partial charge on any atom is 0.150 e. The Morgan fingerprint density at radius 2 is 2.12 bits per heavy atom. The molecule has 0 unspecified atom stereocenters. The molecule has 0 bridgehead atoms. The molecule has 2 aliphatic heterocycles. The summed E-state index contributed by atoms with van der Waals surface area (Å²) < 4.78 is 2.34. The van der Waals surface area contributed by atoms with Crippen LogP contribution in [0.25, 0.3) is 10.9 Å². The zero-order valence-corrected chi connectivity index (χ0v) is 14.9. The molecule has 1 saturated heterocycles. The van der Waals surface area contributed by atoms with E-state index in [0.29, 0.717) is 6.04 Å². The van der Waals surface area contributed by atoms with Gasteiger partial charge in [-0.25, -0.2) is 0 Å². The lowest BCUT2D eigenvalue weighted by Gasteiger charge is -2.30. The summed E-state index contributed by atoms with van der Waals surface area (Å²) in [6.45, 7) is 4.91. The lowest BCUT2D eigenvalue weighted by molar-refractivity contribution is 0.205. The minimum absolute atomic E-state index is 0.379. The molecule has 1 fully saturated rings. The Hall–Kier alpha value is -2.31. The molecule has 26 heavy (non-hydrogen) atoms. The van der Waals surface area contributed by atoms with Crippen molar-refractivity contribution in [2.24, 2.45) is 0 Å². The molecule has 0 amide bonds. The van der Waals surface area contributed by atoms with Crippen molar-refractivity contribution in [3.63, 3.8) is 0 Å². The average Bonchev–Trinajstić information content (AvgIpc) is 3.12. The number of benzene rings is 1. The average molecular weight is 348 g/mol. The molecule has 134 valence electrons. The first-order valence-electron chi connectivity index (χ1n) is 9.58. The lowest BCUT2D eigenvalue weighted by atomic mass is 10.0. The summed E-state index contributed by atoms with van der Waals surface area (Å²) in [5, 5.41) is 13.8. The SMILES string of the molecule is c1cnc2ccc(CN3CCn4c(nnc4[C@@H]4CCCCN4)C3)cc2c1. The van der Waals surface area contributed by atoms with E-state index in [1.165, 1.54) is 30.2 Å². The lowest BCUT2D eigenvalue weighted by Crippen LogP contribution is -2.36. The van der Waals surface area contributed by atoms with Gasteiger partial charge in [0.2, 0.25) is 0 Å². The van der Waals surface area contributed by atoms with Gasteiger partial charge >= 0.3 is 0 Å². The van der Waals surface area contributed by atoms with Crippen molar-refractivity contribution in [2.45, 2.75) is 44.9 Å². The fourth-order valence-corrected chi connectivity index (χ4v) is 4.18. The molecular formula is C20H24N6. The third-order valence-electron chi connectivity index (χ3n) is 5.56. The third kappa shape index (κ3) is 2.99. The molecule has 4 heterocycles. The minimum atomic E-state index is 0.379. The van der Waals surface area contributed by atoms with E-state index in [1.54, 1.807) is 0 Å². The smallest absolute Gasteiger partial charge is 0.150 e. The molecule has 6 nitrogen and oxygen atoms in total. The van der Waals surface area contributed by atoms with Crippen LogP contribution in [0, 0.1) is 0 Å². The van der Waals surface area contributed by atoms with Crippen molar-refractivity contribution in [1.82, 2.24) is 30.0 Å². The second-order valence-corrected chi connectivity index (χ2v) is 7.37. The Balaban J connectivity index is 1.31. The van der Waals surface area contributed by atoms with E-state index in [0.717, 1.165) is 49.9 Å². The van der Waals surface area contributed by atoms with E-state index >= 15 is 0 Å². The highest BCUT2D eigenvalue weighted by Gasteiger charge is 2.26. The number of nitrogens with zero attached hydrogens (tertiary/aromatic N) is 5. The largest absolute Gasteiger partial charge is 0.311 e. The van der Waals surface area contributed by atoms with Gasteiger partial charge in [0.1, 0.15) is 11.6 Å². The number of hydrogen-bond acceptors (Lipinski definition) is 5. The molecule has 1 N–H and O–H groups in total. The number of rotatable bonds is 3. The fourth-order valence-electron chi connectivity index (χ4n) is 4.18. The molecule has 0 aliphatic carbocycles. The minimum Gasteiger partial charge on any atom is -0.311 e. The molecule has 6 heteroatoms. The number of nitrogens with one attached hydrogen (secondary N) is 1. The Bertz CT molecular complexity index is 912. The van der Waals surface area contributed by atoms with Gasteiger partial charge in [0.05, 0.1) is 18.1 Å². The Morgan fingerprint density at radius 3 is 3.04 bits per heavy atom. The van der Waals surface area contributed by atoms with Gasteiger partial charge in [-0.05, 0) is 43.1 Å². The Labute approximate surface area is 153 Å². The van der Waals surface area contributed by atoms with E-state index < -0.39 is 0 Å². The fraction of sp³-hybridized carbons (Fsp3) is 0.450. The maximum absolute atomic E-state index is 4.52. The predicted octanol–water partition coefficient (Wildman–Crippen LogP) is 2.66. The standard InChI is InChI=1S/C20H24N6/c1-2-8-22-18(5-1)20-24-23-19-14-25(10-11-26(19)20)13-15-6-7-17-16(12-15)4-3-9-21-17/h3-4,6-7,9,12,18,22H,1-2,5,8,10-11,13-14H2/t18-/m0/s1. The second-order valence-electron chi connectivity index (χ2n) is 7.37. The quantitative estimate of drug-likeness (QED) is 0.788. The van der Waals surface area contributed by atoms with Gasteiger partial charge in [0, 0.05) is 31.2 Å². The first kappa shape index (κ1) is 15.9.